The lowest BCUT2D eigenvalue weighted by atomic mass is 10.0. The summed E-state index contributed by atoms with van der Waals surface area (Å²) in [7, 11) is 0. The fourth-order valence-corrected chi connectivity index (χ4v) is 5.01. The molecule has 0 radical (unpaired) electrons. The van der Waals surface area contributed by atoms with Crippen molar-refractivity contribution in [2.75, 3.05) is 22.9 Å². The fraction of sp³-hybridized carbons (Fsp3) is 0.207. The van der Waals surface area contributed by atoms with E-state index >= 15 is 0 Å². The van der Waals surface area contributed by atoms with Crippen molar-refractivity contribution in [1.82, 2.24) is 0 Å². The van der Waals surface area contributed by atoms with Gasteiger partial charge in [-0.25, -0.2) is 0 Å². The van der Waals surface area contributed by atoms with Crippen LogP contribution in [0.25, 0.3) is 24.3 Å². The van der Waals surface area contributed by atoms with Crippen LogP contribution in [-0.4, -0.2) is 25.2 Å². The highest BCUT2D eigenvalue weighted by atomic mass is 16.2. The largest absolute Gasteiger partial charge is 0.361 e. The van der Waals surface area contributed by atoms with Crippen molar-refractivity contribution < 1.29 is 0 Å². The van der Waals surface area contributed by atoms with Crippen molar-refractivity contribution in [1.29, 1.82) is 0 Å². The first-order chi connectivity index (χ1) is 16.5. The van der Waals surface area contributed by atoms with Crippen LogP contribution in [0.15, 0.2) is 75.1 Å². The van der Waals surface area contributed by atoms with E-state index in [1.165, 1.54) is 0 Å². The number of likely N-dealkylation sites (N-methyl/N-ethyl adjacent to an activating group) is 2. The first-order valence-electron chi connectivity index (χ1n) is 11.7. The zero-order valence-corrected chi connectivity index (χ0v) is 19.3. The summed E-state index contributed by atoms with van der Waals surface area (Å²) in [6.45, 7) is 5.46. The van der Waals surface area contributed by atoms with Crippen LogP contribution < -0.4 is 36.5 Å². The summed E-state index contributed by atoms with van der Waals surface area (Å²) in [5, 5.41) is -0.0704. The molecule has 0 fully saturated rings. The Balaban J connectivity index is 1.60. The third kappa shape index (κ3) is 3.54. The Labute approximate surface area is 197 Å². The monoisotopic (exact) mass is 450 g/mol. The highest BCUT2D eigenvalue weighted by Crippen LogP contribution is 2.29. The van der Waals surface area contributed by atoms with Crippen molar-refractivity contribution in [2.24, 2.45) is 0 Å². The van der Waals surface area contributed by atoms with E-state index in [1.54, 1.807) is 12.2 Å². The smallest absolute Gasteiger partial charge is 0.237 e. The molecule has 34 heavy (non-hydrogen) atoms. The maximum absolute atomic E-state index is 13.3. The number of benzene rings is 2. The standard InChI is InChI=1S/C29H26N2O3/c1-3-30-21(15-13-19-9-5-7-11-25(19)30)17-23-27(32)24(29(34)28(23)33)18-22-16-14-20-10-6-8-12-26(20)31(22)4-2/h5-18,21-22H,3-4H2,1-2H3. The van der Waals surface area contributed by atoms with Crippen molar-refractivity contribution in [2.45, 2.75) is 25.9 Å². The second-order valence-electron chi connectivity index (χ2n) is 8.54. The number of hydrogen-bond donors (Lipinski definition) is 0. The van der Waals surface area contributed by atoms with Crippen LogP contribution in [0, 0.1) is 0 Å². The fourth-order valence-electron chi connectivity index (χ4n) is 5.01. The van der Waals surface area contributed by atoms with E-state index < -0.39 is 16.3 Å². The van der Waals surface area contributed by atoms with Crippen molar-refractivity contribution in [3.63, 3.8) is 0 Å². The Morgan fingerprint density at radius 2 is 1.06 bits per heavy atom. The van der Waals surface area contributed by atoms with E-state index in [4.69, 9.17) is 0 Å². The molecule has 0 aliphatic carbocycles. The third-order valence-electron chi connectivity index (χ3n) is 6.70. The number of fused-ring (bicyclic) bond motifs is 2. The second kappa shape index (κ2) is 8.75. The van der Waals surface area contributed by atoms with Gasteiger partial charge in [0.2, 0.25) is 16.3 Å². The Morgan fingerprint density at radius 1 is 0.647 bits per heavy atom. The summed E-state index contributed by atoms with van der Waals surface area (Å²) in [4.78, 5) is 43.3. The molecule has 0 spiro atoms. The van der Waals surface area contributed by atoms with Crippen LogP contribution in [0.3, 0.4) is 0 Å². The Morgan fingerprint density at radius 3 is 1.47 bits per heavy atom. The van der Waals surface area contributed by atoms with Gasteiger partial charge in [0.1, 0.15) is 0 Å². The summed E-state index contributed by atoms with van der Waals surface area (Å²) < 4.78 is 0. The van der Waals surface area contributed by atoms with Crippen LogP contribution in [-0.2, 0) is 0 Å². The molecule has 5 heteroatoms. The van der Waals surface area contributed by atoms with E-state index in [-0.39, 0.29) is 22.5 Å². The number of nitrogens with zero attached hydrogens (tertiary/aromatic N) is 2. The highest BCUT2D eigenvalue weighted by molar-refractivity contribution is 5.76. The van der Waals surface area contributed by atoms with Crippen molar-refractivity contribution >= 4 is 35.7 Å². The van der Waals surface area contributed by atoms with Crippen LogP contribution in [0.2, 0.25) is 0 Å². The average Bonchev–Trinajstić information content (AvgIpc) is 3.06. The molecule has 3 aromatic rings. The quantitative estimate of drug-likeness (QED) is 0.570. The predicted octanol–water partition coefficient (Wildman–Crippen LogP) is 2.05. The maximum Gasteiger partial charge on any atom is 0.237 e. The van der Waals surface area contributed by atoms with Gasteiger partial charge in [0.15, 0.2) is 0 Å². The Hall–Kier alpha value is -3.99. The molecule has 2 unspecified atom stereocenters. The molecule has 2 atom stereocenters. The minimum absolute atomic E-state index is 0.0352. The second-order valence-corrected chi connectivity index (χ2v) is 8.54. The van der Waals surface area contributed by atoms with Gasteiger partial charge in [0, 0.05) is 24.5 Å². The van der Waals surface area contributed by atoms with Gasteiger partial charge in [-0.1, -0.05) is 60.7 Å². The summed E-state index contributed by atoms with van der Waals surface area (Å²) >= 11 is 0. The van der Waals surface area contributed by atoms with Gasteiger partial charge in [0.25, 0.3) is 0 Å². The normalized spacial score (nSPS) is 20.1. The van der Waals surface area contributed by atoms with Crippen LogP contribution in [0.4, 0.5) is 11.4 Å². The lowest BCUT2D eigenvalue weighted by Gasteiger charge is -2.33. The van der Waals surface area contributed by atoms with Gasteiger partial charge in [-0.2, -0.15) is 0 Å². The Bertz CT molecular complexity index is 1460. The molecule has 3 aromatic carbocycles. The summed E-state index contributed by atoms with van der Waals surface area (Å²) in [6, 6.07) is 15.5. The van der Waals surface area contributed by atoms with Crippen LogP contribution in [0.1, 0.15) is 25.0 Å². The van der Waals surface area contributed by atoms with Gasteiger partial charge in [0.05, 0.1) is 22.5 Å². The van der Waals surface area contributed by atoms with Gasteiger partial charge >= 0.3 is 0 Å². The molecule has 170 valence electrons. The molecule has 5 nitrogen and oxygen atoms in total. The minimum atomic E-state index is -0.720. The molecule has 0 bridgehead atoms. The molecule has 0 saturated heterocycles. The van der Waals surface area contributed by atoms with Gasteiger partial charge in [-0.15, -0.1) is 0 Å². The van der Waals surface area contributed by atoms with Gasteiger partial charge < -0.3 is 9.80 Å². The third-order valence-corrected chi connectivity index (χ3v) is 6.70. The summed E-state index contributed by atoms with van der Waals surface area (Å²) in [5.74, 6) is 0. The number of rotatable bonds is 4. The van der Waals surface area contributed by atoms with Gasteiger partial charge in [-0.3, -0.25) is 14.4 Å². The minimum Gasteiger partial charge on any atom is -0.361 e. The van der Waals surface area contributed by atoms with Crippen LogP contribution >= 0.6 is 0 Å². The van der Waals surface area contributed by atoms with E-state index in [2.05, 4.69) is 9.80 Å². The molecule has 0 N–H and O–H groups in total. The molecule has 5 rings (SSSR count). The lowest BCUT2D eigenvalue weighted by Crippen LogP contribution is -2.43. The first kappa shape index (κ1) is 21.8. The maximum atomic E-state index is 13.3. The Kier molecular flexibility index (Phi) is 5.62. The number of para-hydroxylation sites is 2. The van der Waals surface area contributed by atoms with E-state index in [9.17, 15) is 14.4 Å². The molecule has 2 heterocycles. The van der Waals surface area contributed by atoms with Crippen molar-refractivity contribution in [3.8, 4) is 0 Å². The summed E-state index contributed by atoms with van der Waals surface area (Å²) in [5.41, 5.74) is 2.33. The summed E-state index contributed by atoms with van der Waals surface area (Å²) in [6.07, 6.45) is 11.2. The highest BCUT2D eigenvalue weighted by Gasteiger charge is 2.22. The SMILES string of the molecule is CCN1c2ccccc2C=CC1C=c1c(=O)c(=O)c(=CC2C=Cc3ccccc3N2CC)c1=O. The van der Waals surface area contributed by atoms with E-state index in [0.29, 0.717) is 13.1 Å². The van der Waals surface area contributed by atoms with Crippen molar-refractivity contribution in [3.05, 3.63) is 113 Å². The molecular weight excluding hydrogens is 424 g/mol. The first-order valence-corrected chi connectivity index (χ1v) is 11.7. The topological polar surface area (TPSA) is 57.7 Å². The molecule has 2 aliphatic rings. The number of anilines is 2. The van der Waals surface area contributed by atoms with E-state index in [0.717, 1.165) is 22.5 Å². The van der Waals surface area contributed by atoms with E-state index in [1.807, 2.05) is 86.7 Å². The molecular formula is C29H26N2O3. The average molecular weight is 451 g/mol. The number of hydrogen-bond acceptors (Lipinski definition) is 5. The molecule has 0 amide bonds. The van der Waals surface area contributed by atoms with Gasteiger partial charge in [-0.05, 0) is 49.3 Å². The molecule has 2 aliphatic heterocycles. The molecule has 0 aromatic heterocycles. The lowest BCUT2D eigenvalue weighted by molar-refractivity contribution is 0.826. The zero-order valence-electron chi connectivity index (χ0n) is 19.3. The molecule has 0 saturated carbocycles. The van der Waals surface area contributed by atoms with Crippen LogP contribution in [0.5, 0.6) is 0 Å². The predicted molar refractivity (Wildman–Crippen MR) is 140 cm³/mol. The zero-order chi connectivity index (χ0) is 23.8.